The van der Waals surface area contributed by atoms with Gasteiger partial charge in [-0.25, -0.2) is 0 Å². The molecule has 0 aliphatic heterocycles. The Hall–Kier alpha value is -0.680. The van der Waals surface area contributed by atoms with E-state index in [-0.39, 0.29) is 23.2 Å². The van der Waals surface area contributed by atoms with Gasteiger partial charge >= 0.3 is 0 Å². The highest BCUT2D eigenvalue weighted by molar-refractivity contribution is 5.29. The van der Waals surface area contributed by atoms with Crippen LogP contribution in [0.3, 0.4) is 0 Å². The molecule has 0 aromatic heterocycles. The summed E-state index contributed by atoms with van der Waals surface area (Å²) in [6.45, 7) is 4.72. The van der Waals surface area contributed by atoms with E-state index in [1.54, 1.807) is 14.2 Å². The van der Waals surface area contributed by atoms with E-state index in [4.69, 9.17) is 9.47 Å². The number of ether oxygens (including phenoxy) is 2. The van der Waals surface area contributed by atoms with Crippen LogP contribution in [-0.4, -0.2) is 42.4 Å². The van der Waals surface area contributed by atoms with Gasteiger partial charge in [0.2, 0.25) is 0 Å². The minimum absolute atomic E-state index is 0.0214. The molecule has 0 radical (unpaired) electrons. The Kier molecular flexibility index (Phi) is 5.31. The second kappa shape index (κ2) is 7.23. The smallest absolute Gasteiger partial charge is 0.156 e. The lowest BCUT2D eigenvalue weighted by Gasteiger charge is -2.58. The molecule has 0 saturated heterocycles. The molecule has 4 nitrogen and oxygen atoms in total. The van der Waals surface area contributed by atoms with Crippen LogP contribution < -0.4 is 0 Å². The lowest BCUT2D eigenvalue weighted by molar-refractivity contribution is -0.124. The summed E-state index contributed by atoms with van der Waals surface area (Å²) in [6.07, 6.45) is 13.8. The van der Waals surface area contributed by atoms with Gasteiger partial charge in [0.15, 0.2) is 6.29 Å². The average Bonchev–Trinajstić information content (AvgIpc) is 2.98. The SMILES string of the molecule is COC(CC[C@]1(O)CC[C@@]2(C)C(=CCC3C2CC[C@@]2(C)C3C=C[C@@H]2O)C1)OC. The number of hydrogen-bond donors (Lipinski definition) is 2. The van der Waals surface area contributed by atoms with Crippen LogP contribution in [0.4, 0.5) is 0 Å². The van der Waals surface area contributed by atoms with Gasteiger partial charge in [-0.15, -0.1) is 0 Å². The summed E-state index contributed by atoms with van der Waals surface area (Å²) in [5, 5.41) is 21.8. The number of allylic oxidation sites excluding steroid dienone is 2. The molecular formula is C24H38O4. The summed E-state index contributed by atoms with van der Waals surface area (Å²) >= 11 is 0. The summed E-state index contributed by atoms with van der Waals surface area (Å²) in [4.78, 5) is 0. The first-order chi connectivity index (χ1) is 13.3. The van der Waals surface area contributed by atoms with Crippen molar-refractivity contribution in [1.82, 2.24) is 0 Å². The van der Waals surface area contributed by atoms with Gasteiger partial charge in [0.1, 0.15) is 0 Å². The van der Waals surface area contributed by atoms with Crippen molar-refractivity contribution >= 4 is 0 Å². The van der Waals surface area contributed by atoms with Crippen molar-refractivity contribution in [3.8, 4) is 0 Å². The molecular weight excluding hydrogens is 352 g/mol. The van der Waals surface area contributed by atoms with Crippen molar-refractivity contribution in [2.24, 2.45) is 28.6 Å². The lowest BCUT2D eigenvalue weighted by atomic mass is 9.47. The Morgan fingerprint density at radius 3 is 2.61 bits per heavy atom. The molecule has 0 aromatic rings. The number of hydrogen-bond acceptors (Lipinski definition) is 4. The van der Waals surface area contributed by atoms with Gasteiger partial charge < -0.3 is 19.7 Å². The number of aliphatic hydroxyl groups is 2. The number of fused-ring (bicyclic) bond motifs is 5. The summed E-state index contributed by atoms with van der Waals surface area (Å²) in [5.41, 5.74) is 1.05. The maximum absolute atomic E-state index is 11.3. The molecule has 0 bridgehead atoms. The molecule has 4 aliphatic rings. The molecule has 0 amide bonds. The first kappa shape index (κ1) is 20.6. The fourth-order valence-corrected chi connectivity index (χ4v) is 7.08. The third-order valence-electron chi connectivity index (χ3n) is 9.10. The van der Waals surface area contributed by atoms with Gasteiger partial charge in [0.05, 0.1) is 11.7 Å². The van der Waals surface area contributed by atoms with Crippen molar-refractivity contribution in [2.45, 2.75) is 83.2 Å². The molecule has 2 fully saturated rings. The Balaban J connectivity index is 1.51. The van der Waals surface area contributed by atoms with Crippen LogP contribution in [0.1, 0.15) is 65.2 Å². The highest BCUT2D eigenvalue weighted by Gasteiger charge is 2.58. The molecule has 0 spiro atoms. The molecule has 0 heterocycles. The maximum atomic E-state index is 11.3. The van der Waals surface area contributed by atoms with Crippen LogP contribution in [0.5, 0.6) is 0 Å². The Bertz CT molecular complexity index is 653. The van der Waals surface area contributed by atoms with Crippen LogP contribution in [0.2, 0.25) is 0 Å². The molecule has 0 aromatic carbocycles. The fraction of sp³-hybridized carbons (Fsp3) is 0.833. The second-order valence-electron chi connectivity index (χ2n) is 10.4. The first-order valence-corrected chi connectivity index (χ1v) is 11.1. The van der Waals surface area contributed by atoms with Gasteiger partial charge in [-0.05, 0) is 68.1 Å². The zero-order chi connectivity index (χ0) is 20.2. The van der Waals surface area contributed by atoms with E-state index in [1.807, 2.05) is 6.08 Å². The maximum Gasteiger partial charge on any atom is 0.156 e. The van der Waals surface area contributed by atoms with Crippen molar-refractivity contribution in [3.63, 3.8) is 0 Å². The van der Waals surface area contributed by atoms with E-state index in [0.29, 0.717) is 17.8 Å². The van der Waals surface area contributed by atoms with Crippen molar-refractivity contribution in [1.29, 1.82) is 0 Å². The largest absolute Gasteiger partial charge is 0.390 e. The molecule has 158 valence electrons. The van der Waals surface area contributed by atoms with E-state index < -0.39 is 5.60 Å². The molecule has 4 aliphatic carbocycles. The molecule has 2 N–H and O–H groups in total. The van der Waals surface area contributed by atoms with Crippen molar-refractivity contribution < 1.29 is 19.7 Å². The van der Waals surface area contributed by atoms with Gasteiger partial charge in [-0.1, -0.05) is 37.6 Å². The van der Waals surface area contributed by atoms with E-state index in [9.17, 15) is 10.2 Å². The third kappa shape index (κ3) is 3.12. The monoisotopic (exact) mass is 390 g/mol. The molecule has 4 rings (SSSR count). The second-order valence-corrected chi connectivity index (χ2v) is 10.4. The normalized spacial score (nSPS) is 47.5. The van der Waals surface area contributed by atoms with Crippen molar-refractivity contribution in [2.75, 3.05) is 14.2 Å². The van der Waals surface area contributed by atoms with E-state index in [0.717, 1.165) is 44.9 Å². The molecule has 7 atom stereocenters. The first-order valence-electron chi connectivity index (χ1n) is 11.1. The predicted octanol–water partition coefficient (Wildman–Crippen LogP) is 4.22. The van der Waals surface area contributed by atoms with Gasteiger partial charge in [-0.2, -0.15) is 0 Å². The summed E-state index contributed by atoms with van der Waals surface area (Å²) in [6, 6.07) is 0. The zero-order valence-electron chi connectivity index (χ0n) is 18.0. The molecule has 3 unspecified atom stereocenters. The standard InChI is InChI=1S/C24H38O4/c1-22-13-14-24(26,12-10-21(27-3)28-4)15-16(22)5-6-17-18-7-8-20(25)23(18,2)11-9-19(17)22/h5,7-8,17-21,25-26H,6,9-15H2,1-4H3/t17?,18?,19?,20-,22-,23-,24-/m0/s1. The van der Waals surface area contributed by atoms with Crippen LogP contribution in [0.25, 0.3) is 0 Å². The molecule has 4 heteroatoms. The van der Waals surface area contributed by atoms with Crippen molar-refractivity contribution in [3.05, 3.63) is 23.8 Å². The highest BCUT2D eigenvalue weighted by Crippen LogP contribution is 2.64. The topological polar surface area (TPSA) is 58.9 Å². The van der Waals surface area contributed by atoms with Gasteiger partial charge in [0.25, 0.3) is 0 Å². The number of rotatable bonds is 5. The molecule has 2 saturated carbocycles. The van der Waals surface area contributed by atoms with Crippen LogP contribution in [-0.2, 0) is 9.47 Å². The predicted molar refractivity (Wildman–Crippen MR) is 110 cm³/mol. The Labute approximate surface area is 170 Å². The van der Waals surface area contributed by atoms with Gasteiger partial charge in [0, 0.05) is 26.1 Å². The quantitative estimate of drug-likeness (QED) is 0.545. The molecule has 28 heavy (non-hydrogen) atoms. The number of aliphatic hydroxyl groups excluding tert-OH is 1. The van der Waals surface area contributed by atoms with E-state index in [1.165, 1.54) is 12.0 Å². The van der Waals surface area contributed by atoms with E-state index >= 15 is 0 Å². The highest BCUT2D eigenvalue weighted by atomic mass is 16.7. The Morgan fingerprint density at radius 1 is 1.14 bits per heavy atom. The summed E-state index contributed by atoms with van der Waals surface area (Å²) < 4.78 is 10.6. The van der Waals surface area contributed by atoms with Crippen LogP contribution in [0, 0.1) is 28.6 Å². The summed E-state index contributed by atoms with van der Waals surface area (Å²) in [5.74, 6) is 1.77. The average molecular weight is 391 g/mol. The summed E-state index contributed by atoms with van der Waals surface area (Å²) in [7, 11) is 3.32. The van der Waals surface area contributed by atoms with Crippen LogP contribution in [0.15, 0.2) is 23.8 Å². The fourth-order valence-electron chi connectivity index (χ4n) is 7.08. The lowest BCUT2D eigenvalue weighted by Crippen LogP contribution is -2.53. The van der Waals surface area contributed by atoms with Gasteiger partial charge in [-0.3, -0.25) is 0 Å². The van der Waals surface area contributed by atoms with Crippen LogP contribution >= 0.6 is 0 Å². The number of methoxy groups -OCH3 is 2. The zero-order valence-corrected chi connectivity index (χ0v) is 18.0. The third-order valence-corrected chi connectivity index (χ3v) is 9.10. The minimum Gasteiger partial charge on any atom is -0.390 e. The minimum atomic E-state index is -0.639. The Morgan fingerprint density at radius 2 is 1.89 bits per heavy atom. The van der Waals surface area contributed by atoms with E-state index in [2.05, 4.69) is 26.0 Å².